The summed E-state index contributed by atoms with van der Waals surface area (Å²) in [7, 11) is 0. The number of aliphatic hydroxyl groups is 2. The van der Waals surface area contributed by atoms with Crippen molar-refractivity contribution in [2.45, 2.75) is 18.8 Å². The van der Waals surface area contributed by atoms with Gasteiger partial charge >= 0.3 is 0 Å². The van der Waals surface area contributed by atoms with Gasteiger partial charge in [-0.05, 0) is 6.07 Å². The highest BCUT2D eigenvalue weighted by Gasteiger charge is 2.28. The van der Waals surface area contributed by atoms with Crippen molar-refractivity contribution in [3.63, 3.8) is 0 Å². The average Bonchev–Trinajstić information content (AvgIpc) is 2.72. The minimum atomic E-state index is -0.618. The van der Waals surface area contributed by atoms with Gasteiger partial charge in [0.2, 0.25) is 0 Å². The number of rotatable bonds is 3. The molecule has 0 radical (unpaired) electrons. The molecule has 0 aliphatic carbocycles. The van der Waals surface area contributed by atoms with Crippen LogP contribution in [0.1, 0.15) is 0 Å². The fraction of sp³-hybridized carbons (Fsp3) is 0.667. The highest BCUT2D eigenvalue weighted by Crippen LogP contribution is 2.09. The van der Waals surface area contributed by atoms with Gasteiger partial charge < -0.3 is 15.9 Å². The maximum Gasteiger partial charge on any atom is 0.145 e. The first kappa shape index (κ1) is 10.4. The number of nitrogens with two attached hydrogens (primary N) is 1. The number of aliphatic hydroxyl groups excluding tert-OH is 2. The molecular formula is C9H16N4O2. The summed E-state index contributed by atoms with van der Waals surface area (Å²) >= 11 is 0. The van der Waals surface area contributed by atoms with Crippen LogP contribution in [0.2, 0.25) is 0 Å². The third kappa shape index (κ3) is 2.47. The molecular weight excluding hydrogens is 196 g/mol. The second kappa shape index (κ2) is 4.18. The first-order chi connectivity index (χ1) is 7.15. The Morgan fingerprint density at radius 2 is 2.00 bits per heavy atom. The van der Waals surface area contributed by atoms with E-state index >= 15 is 0 Å². The van der Waals surface area contributed by atoms with Gasteiger partial charge in [0.1, 0.15) is 5.82 Å². The van der Waals surface area contributed by atoms with E-state index < -0.39 is 12.2 Å². The van der Waals surface area contributed by atoms with Gasteiger partial charge in [-0.1, -0.05) is 0 Å². The molecule has 4 N–H and O–H groups in total. The topological polar surface area (TPSA) is 87.5 Å². The Morgan fingerprint density at radius 1 is 1.33 bits per heavy atom. The molecule has 0 amide bonds. The average molecular weight is 212 g/mol. The first-order valence-electron chi connectivity index (χ1n) is 5.02. The molecule has 6 nitrogen and oxygen atoms in total. The largest absolute Gasteiger partial charge is 0.389 e. The molecule has 1 fully saturated rings. The predicted molar refractivity (Wildman–Crippen MR) is 55.1 cm³/mol. The molecule has 2 unspecified atom stereocenters. The smallest absolute Gasteiger partial charge is 0.145 e. The van der Waals surface area contributed by atoms with Crippen LogP contribution in [0.15, 0.2) is 12.3 Å². The van der Waals surface area contributed by atoms with E-state index in [9.17, 15) is 10.2 Å². The van der Waals surface area contributed by atoms with Gasteiger partial charge in [-0.2, -0.15) is 5.10 Å². The number of anilines is 1. The van der Waals surface area contributed by atoms with Crippen molar-refractivity contribution >= 4 is 5.82 Å². The molecule has 1 aromatic rings. The summed E-state index contributed by atoms with van der Waals surface area (Å²) in [4.78, 5) is 2.01. The summed E-state index contributed by atoms with van der Waals surface area (Å²) in [5.41, 5.74) is 5.48. The minimum absolute atomic E-state index is 0.511. The SMILES string of the molecule is Nc1ccn(CCN2CC(O)C(O)C2)n1. The Balaban J connectivity index is 1.79. The van der Waals surface area contributed by atoms with Crippen molar-refractivity contribution in [1.82, 2.24) is 14.7 Å². The minimum Gasteiger partial charge on any atom is -0.389 e. The van der Waals surface area contributed by atoms with Gasteiger partial charge in [0, 0.05) is 25.8 Å². The molecule has 84 valence electrons. The molecule has 0 bridgehead atoms. The second-order valence-corrected chi connectivity index (χ2v) is 3.90. The van der Waals surface area contributed by atoms with Crippen molar-refractivity contribution in [2.75, 3.05) is 25.4 Å². The molecule has 2 atom stereocenters. The highest BCUT2D eigenvalue weighted by molar-refractivity contribution is 5.23. The van der Waals surface area contributed by atoms with Crippen LogP contribution in [0, 0.1) is 0 Å². The van der Waals surface area contributed by atoms with Crippen molar-refractivity contribution in [1.29, 1.82) is 0 Å². The third-order valence-corrected chi connectivity index (χ3v) is 2.64. The van der Waals surface area contributed by atoms with Crippen molar-refractivity contribution in [3.8, 4) is 0 Å². The molecule has 2 heterocycles. The van der Waals surface area contributed by atoms with Crippen molar-refractivity contribution < 1.29 is 10.2 Å². The fourth-order valence-electron chi connectivity index (χ4n) is 1.78. The normalized spacial score (nSPS) is 27.3. The Bertz CT molecular complexity index is 318. The van der Waals surface area contributed by atoms with Gasteiger partial charge in [0.15, 0.2) is 0 Å². The standard InChI is InChI=1S/C9H16N4O2/c10-9-1-2-13(11-9)4-3-12-5-7(14)8(15)6-12/h1-2,7-8,14-15H,3-6H2,(H2,10,11). The van der Waals surface area contributed by atoms with Crippen LogP contribution in [0.25, 0.3) is 0 Å². The molecule has 6 heteroatoms. The van der Waals surface area contributed by atoms with E-state index in [-0.39, 0.29) is 0 Å². The summed E-state index contributed by atoms with van der Waals surface area (Å²) in [6.45, 7) is 2.53. The Hall–Kier alpha value is -1.11. The van der Waals surface area contributed by atoms with E-state index in [0.29, 0.717) is 18.9 Å². The van der Waals surface area contributed by atoms with E-state index in [0.717, 1.165) is 13.1 Å². The van der Waals surface area contributed by atoms with E-state index in [2.05, 4.69) is 5.10 Å². The van der Waals surface area contributed by atoms with Gasteiger partial charge in [-0.25, -0.2) is 0 Å². The molecule has 1 aliphatic rings. The summed E-state index contributed by atoms with van der Waals surface area (Å²) < 4.78 is 1.76. The number of hydrogen-bond donors (Lipinski definition) is 3. The number of aromatic nitrogens is 2. The molecule has 2 rings (SSSR count). The van der Waals surface area contributed by atoms with Gasteiger partial charge in [-0.3, -0.25) is 9.58 Å². The number of β-amino-alcohol motifs (C(OH)–C–C–N with tert-alkyl or cyclic N) is 2. The Labute approximate surface area is 87.9 Å². The second-order valence-electron chi connectivity index (χ2n) is 3.90. The van der Waals surface area contributed by atoms with Crippen LogP contribution in [0.5, 0.6) is 0 Å². The van der Waals surface area contributed by atoms with Crippen LogP contribution in [-0.2, 0) is 6.54 Å². The monoisotopic (exact) mass is 212 g/mol. The number of nitrogens with zero attached hydrogens (tertiary/aromatic N) is 3. The molecule has 1 aliphatic heterocycles. The third-order valence-electron chi connectivity index (χ3n) is 2.64. The fourth-order valence-corrected chi connectivity index (χ4v) is 1.78. The Morgan fingerprint density at radius 3 is 2.53 bits per heavy atom. The number of nitrogen functional groups attached to an aromatic ring is 1. The van der Waals surface area contributed by atoms with E-state index in [1.54, 1.807) is 10.7 Å². The lowest BCUT2D eigenvalue weighted by molar-refractivity contribution is 0.0572. The van der Waals surface area contributed by atoms with Crippen LogP contribution < -0.4 is 5.73 Å². The quantitative estimate of drug-likeness (QED) is 0.568. The van der Waals surface area contributed by atoms with Gasteiger partial charge in [0.05, 0.1) is 18.8 Å². The molecule has 0 spiro atoms. The van der Waals surface area contributed by atoms with Crippen LogP contribution in [-0.4, -0.2) is 56.7 Å². The molecule has 15 heavy (non-hydrogen) atoms. The summed E-state index contributed by atoms with van der Waals surface area (Å²) in [5.74, 6) is 0.511. The van der Waals surface area contributed by atoms with Crippen LogP contribution >= 0.6 is 0 Å². The maximum absolute atomic E-state index is 9.34. The molecule has 0 saturated carbocycles. The Kier molecular flexibility index (Phi) is 2.90. The van der Waals surface area contributed by atoms with Crippen LogP contribution in [0.4, 0.5) is 5.82 Å². The molecule has 1 aromatic heterocycles. The molecule has 1 saturated heterocycles. The number of likely N-dealkylation sites (tertiary alicyclic amines) is 1. The lowest BCUT2D eigenvalue weighted by atomic mass is 10.3. The maximum atomic E-state index is 9.34. The van der Waals surface area contributed by atoms with Gasteiger partial charge in [0.25, 0.3) is 0 Å². The zero-order valence-electron chi connectivity index (χ0n) is 8.45. The summed E-state index contributed by atoms with van der Waals surface area (Å²) in [6.07, 6.45) is 0.582. The number of hydrogen-bond acceptors (Lipinski definition) is 5. The van der Waals surface area contributed by atoms with Crippen molar-refractivity contribution in [2.24, 2.45) is 0 Å². The van der Waals surface area contributed by atoms with Crippen molar-refractivity contribution in [3.05, 3.63) is 12.3 Å². The predicted octanol–water partition coefficient (Wildman–Crippen LogP) is -1.50. The van der Waals surface area contributed by atoms with Crippen LogP contribution in [0.3, 0.4) is 0 Å². The van der Waals surface area contributed by atoms with E-state index in [4.69, 9.17) is 5.73 Å². The van der Waals surface area contributed by atoms with E-state index in [1.165, 1.54) is 0 Å². The van der Waals surface area contributed by atoms with E-state index in [1.807, 2.05) is 11.1 Å². The molecule has 0 aromatic carbocycles. The highest BCUT2D eigenvalue weighted by atomic mass is 16.3. The first-order valence-corrected chi connectivity index (χ1v) is 5.02. The zero-order chi connectivity index (χ0) is 10.8. The zero-order valence-corrected chi connectivity index (χ0v) is 8.45. The van der Waals surface area contributed by atoms with Gasteiger partial charge in [-0.15, -0.1) is 0 Å². The summed E-state index contributed by atoms with van der Waals surface area (Å²) in [5, 5.41) is 22.7. The lowest BCUT2D eigenvalue weighted by Crippen LogP contribution is -2.26. The summed E-state index contributed by atoms with van der Waals surface area (Å²) in [6, 6.07) is 1.74. The lowest BCUT2D eigenvalue weighted by Gasteiger charge is -2.13.